The van der Waals surface area contributed by atoms with Crippen molar-refractivity contribution in [2.75, 3.05) is 11.9 Å². The molecule has 0 atom stereocenters. The fraction of sp³-hybridized carbons (Fsp3) is 0.0714. The smallest absolute Gasteiger partial charge is 0.125 e. The minimum Gasteiger partial charge on any atom is -0.389 e. The van der Waals surface area contributed by atoms with Gasteiger partial charge in [0.15, 0.2) is 0 Å². The van der Waals surface area contributed by atoms with Gasteiger partial charge in [-0.1, -0.05) is 18.3 Å². The SMILES string of the molecule is CN(c1cccc(F)c1)c1ccc(F)cc1C(N)=S. The summed E-state index contributed by atoms with van der Waals surface area (Å²) in [6, 6.07) is 10.2. The number of nitrogens with two attached hydrogens (primary N) is 1. The van der Waals surface area contributed by atoms with Crippen molar-refractivity contribution in [2.24, 2.45) is 5.73 Å². The molecule has 0 radical (unpaired) electrons. The van der Waals surface area contributed by atoms with E-state index in [1.165, 1.54) is 24.3 Å². The third-order valence-electron chi connectivity index (χ3n) is 2.78. The van der Waals surface area contributed by atoms with E-state index in [1.807, 2.05) is 0 Å². The molecule has 0 spiro atoms. The van der Waals surface area contributed by atoms with Crippen molar-refractivity contribution in [1.29, 1.82) is 0 Å². The zero-order valence-electron chi connectivity index (χ0n) is 10.2. The molecule has 0 amide bonds. The molecule has 0 unspecified atom stereocenters. The van der Waals surface area contributed by atoms with Crippen molar-refractivity contribution in [3.63, 3.8) is 0 Å². The third kappa shape index (κ3) is 2.88. The Kier molecular flexibility index (Phi) is 3.76. The molecule has 0 bridgehead atoms. The van der Waals surface area contributed by atoms with E-state index in [9.17, 15) is 8.78 Å². The van der Waals surface area contributed by atoms with Gasteiger partial charge < -0.3 is 10.6 Å². The van der Waals surface area contributed by atoms with Crippen molar-refractivity contribution in [3.05, 3.63) is 59.7 Å². The second-order valence-corrected chi connectivity index (χ2v) is 4.50. The molecule has 0 aliphatic rings. The molecule has 98 valence electrons. The Morgan fingerprint density at radius 2 is 1.79 bits per heavy atom. The molecule has 0 saturated carbocycles. The molecule has 0 heterocycles. The maximum absolute atomic E-state index is 13.2. The number of thiocarbonyl (C=S) groups is 1. The highest BCUT2D eigenvalue weighted by Gasteiger charge is 2.12. The lowest BCUT2D eigenvalue weighted by Gasteiger charge is -2.22. The zero-order chi connectivity index (χ0) is 14.0. The first-order valence-corrected chi connectivity index (χ1v) is 5.98. The lowest BCUT2D eigenvalue weighted by Crippen LogP contribution is -2.18. The Bertz CT molecular complexity index is 629. The molecule has 19 heavy (non-hydrogen) atoms. The summed E-state index contributed by atoms with van der Waals surface area (Å²) in [6.07, 6.45) is 0. The molecular formula is C14H12F2N2S. The second-order valence-electron chi connectivity index (χ2n) is 4.06. The maximum atomic E-state index is 13.2. The Hall–Kier alpha value is -2.01. The average molecular weight is 278 g/mol. The zero-order valence-corrected chi connectivity index (χ0v) is 11.0. The van der Waals surface area contributed by atoms with Crippen LogP contribution in [0.4, 0.5) is 20.2 Å². The summed E-state index contributed by atoms with van der Waals surface area (Å²) in [5.41, 5.74) is 7.26. The van der Waals surface area contributed by atoms with Crippen LogP contribution in [0.5, 0.6) is 0 Å². The minimum absolute atomic E-state index is 0.0951. The van der Waals surface area contributed by atoms with Crippen LogP contribution >= 0.6 is 12.2 Å². The number of nitrogens with zero attached hydrogens (tertiary/aromatic N) is 1. The summed E-state index contributed by atoms with van der Waals surface area (Å²) < 4.78 is 26.5. The van der Waals surface area contributed by atoms with Crippen LogP contribution in [0.2, 0.25) is 0 Å². The van der Waals surface area contributed by atoms with E-state index < -0.39 is 5.82 Å². The predicted molar refractivity (Wildman–Crippen MR) is 76.8 cm³/mol. The van der Waals surface area contributed by atoms with Crippen molar-refractivity contribution in [1.82, 2.24) is 0 Å². The predicted octanol–water partition coefficient (Wildman–Crippen LogP) is 3.37. The number of anilines is 2. The van der Waals surface area contributed by atoms with Gasteiger partial charge in [0.25, 0.3) is 0 Å². The van der Waals surface area contributed by atoms with Crippen LogP contribution in [0.15, 0.2) is 42.5 Å². The van der Waals surface area contributed by atoms with Gasteiger partial charge in [-0.25, -0.2) is 8.78 Å². The van der Waals surface area contributed by atoms with Gasteiger partial charge in [0.2, 0.25) is 0 Å². The topological polar surface area (TPSA) is 29.3 Å². The Morgan fingerprint density at radius 1 is 1.11 bits per heavy atom. The first-order valence-electron chi connectivity index (χ1n) is 5.57. The summed E-state index contributed by atoms with van der Waals surface area (Å²) >= 11 is 4.91. The molecule has 0 aliphatic carbocycles. The second kappa shape index (κ2) is 5.32. The van der Waals surface area contributed by atoms with Crippen LogP contribution in [0.25, 0.3) is 0 Å². The highest BCUT2D eigenvalue weighted by Crippen LogP contribution is 2.28. The molecule has 0 aromatic heterocycles. The fourth-order valence-electron chi connectivity index (χ4n) is 1.82. The van der Waals surface area contributed by atoms with Crippen LogP contribution < -0.4 is 10.6 Å². The summed E-state index contributed by atoms with van der Waals surface area (Å²) in [5.74, 6) is -0.762. The van der Waals surface area contributed by atoms with Crippen LogP contribution in [0, 0.1) is 11.6 Å². The summed E-state index contributed by atoms with van der Waals surface area (Å²) in [6.45, 7) is 0. The Labute approximate surface area is 115 Å². The first kappa shape index (κ1) is 13.4. The van der Waals surface area contributed by atoms with E-state index in [-0.39, 0.29) is 10.8 Å². The molecule has 0 aliphatic heterocycles. The van der Waals surface area contributed by atoms with Gasteiger partial charge in [-0.15, -0.1) is 0 Å². The Morgan fingerprint density at radius 3 is 2.42 bits per heavy atom. The quantitative estimate of drug-likeness (QED) is 0.873. The van der Waals surface area contributed by atoms with E-state index in [2.05, 4.69) is 0 Å². The maximum Gasteiger partial charge on any atom is 0.125 e. The van der Waals surface area contributed by atoms with Crippen LogP contribution in [-0.2, 0) is 0 Å². The monoisotopic (exact) mass is 278 g/mol. The lowest BCUT2D eigenvalue weighted by atomic mass is 10.1. The Balaban J connectivity index is 2.49. The molecule has 2 rings (SSSR count). The molecule has 2 aromatic carbocycles. The molecule has 0 fully saturated rings. The first-order chi connectivity index (χ1) is 8.99. The van der Waals surface area contributed by atoms with Gasteiger partial charge in [0.05, 0.1) is 5.69 Å². The number of hydrogen-bond donors (Lipinski definition) is 1. The van der Waals surface area contributed by atoms with Crippen LogP contribution in [0.1, 0.15) is 5.56 Å². The van der Waals surface area contributed by atoms with Gasteiger partial charge >= 0.3 is 0 Å². The molecule has 2 N–H and O–H groups in total. The van der Waals surface area contributed by atoms with E-state index >= 15 is 0 Å². The van der Waals surface area contributed by atoms with Crippen LogP contribution in [0.3, 0.4) is 0 Å². The van der Waals surface area contributed by atoms with Crippen molar-refractivity contribution in [2.45, 2.75) is 0 Å². The minimum atomic E-state index is -0.417. The number of benzene rings is 2. The molecule has 2 nitrogen and oxygen atoms in total. The summed E-state index contributed by atoms with van der Waals surface area (Å²) in [7, 11) is 1.74. The molecule has 2 aromatic rings. The average Bonchev–Trinajstić information content (AvgIpc) is 2.37. The van der Waals surface area contributed by atoms with Gasteiger partial charge in [-0.2, -0.15) is 0 Å². The van der Waals surface area contributed by atoms with Crippen molar-refractivity contribution >= 4 is 28.6 Å². The normalized spacial score (nSPS) is 10.3. The van der Waals surface area contributed by atoms with Gasteiger partial charge in [-0.3, -0.25) is 0 Å². The van der Waals surface area contributed by atoms with E-state index in [0.717, 1.165) is 0 Å². The number of halogens is 2. The summed E-state index contributed by atoms with van der Waals surface area (Å²) in [4.78, 5) is 1.80. The van der Waals surface area contributed by atoms with E-state index in [1.54, 1.807) is 30.1 Å². The standard InChI is InChI=1S/C14H12F2N2S/c1-18(11-4-2-3-9(15)7-11)13-6-5-10(16)8-12(13)14(17)19/h2-8H,1H3,(H2,17,19). The largest absolute Gasteiger partial charge is 0.389 e. The summed E-state index contributed by atoms with van der Waals surface area (Å²) in [5, 5.41) is 0. The molecule has 5 heteroatoms. The van der Waals surface area contributed by atoms with Gasteiger partial charge in [0, 0.05) is 18.3 Å². The van der Waals surface area contributed by atoms with Gasteiger partial charge in [-0.05, 0) is 36.4 Å². The number of rotatable bonds is 3. The van der Waals surface area contributed by atoms with E-state index in [0.29, 0.717) is 16.9 Å². The number of hydrogen-bond acceptors (Lipinski definition) is 2. The van der Waals surface area contributed by atoms with E-state index in [4.69, 9.17) is 18.0 Å². The van der Waals surface area contributed by atoms with Gasteiger partial charge in [0.1, 0.15) is 16.6 Å². The van der Waals surface area contributed by atoms with Crippen molar-refractivity contribution < 1.29 is 8.78 Å². The lowest BCUT2D eigenvalue weighted by molar-refractivity contribution is 0.626. The van der Waals surface area contributed by atoms with Crippen molar-refractivity contribution in [3.8, 4) is 0 Å². The van der Waals surface area contributed by atoms with Crippen LogP contribution in [-0.4, -0.2) is 12.0 Å². The highest BCUT2D eigenvalue weighted by atomic mass is 32.1. The molecular weight excluding hydrogens is 266 g/mol. The molecule has 0 saturated heterocycles. The highest BCUT2D eigenvalue weighted by molar-refractivity contribution is 7.80. The third-order valence-corrected chi connectivity index (χ3v) is 3.00. The fourth-order valence-corrected chi connectivity index (χ4v) is 1.99.